The van der Waals surface area contributed by atoms with E-state index in [1.165, 1.54) is 6.07 Å². The number of hydrogen-bond donors (Lipinski definition) is 1. The van der Waals surface area contributed by atoms with E-state index in [9.17, 15) is 9.18 Å². The summed E-state index contributed by atoms with van der Waals surface area (Å²) in [4.78, 5) is 16.7. The number of thioether (sulfide) groups is 1. The zero-order valence-electron chi connectivity index (χ0n) is 16.7. The number of allylic oxidation sites excluding steroid dienone is 2. The third-order valence-electron chi connectivity index (χ3n) is 4.99. The predicted molar refractivity (Wildman–Crippen MR) is 111 cm³/mol. The van der Waals surface area contributed by atoms with E-state index in [4.69, 9.17) is 10.5 Å². The Morgan fingerprint density at radius 3 is 2.86 bits per heavy atom. The summed E-state index contributed by atoms with van der Waals surface area (Å²) in [5.41, 5.74) is 8.11. The van der Waals surface area contributed by atoms with E-state index in [0.717, 1.165) is 35.8 Å². The first-order chi connectivity index (χ1) is 13.4. The van der Waals surface area contributed by atoms with Gasteiger partial charge in [-0.05, 0) is 48.9 Å². The molecule has 1 aromatic rings. The van der Waals surface area contributed by atoms with Gasteiger partial charge in [-0.2, -0.15) is 0 Å². The fourth-order valence-corrected chi connectivity index (χ4v) is 4.91. The van der Waals surface area contributed by atoms with Crippen molar-refractivity contribution < 1.29 is 13.9 Å². The summed E-state index contributed by atoms with van der Waals surface area (Å²) >= 11 is 1.67. The Morgan fingerprint density at radius 1 is 1.43 bits per heavy atom. The van der Waals surface area contributed by atoms with Gasteiger partial charge in [-0.25, -0.2) is 4.39 Å². The van der Waals surface area contributed by atoms with Crippen LogP contribution in [0.1, 0.15) is 26.3 Å². The van der Waals surface area contributed by atoms with Gasteiger partial charge in [0.2, 0.25) is 5.91 Å². The third kappa shape index (κ3) is 4.52. The molecule has 0 radical (unpaired) electrons. The zero-order valence-corrected chi connectivity index (χ0v) is 17.5. The van der Waals surface area contributed by atoms with Gasteiger partial charge in [0.1, 0.15) is 17.0 Å². The van der Waals surface area contributed by atoms with Crippen LogP contribution in [-0.4, -0.2) is 52.6 Å². The molecule has 1 aromatic carbocycles. The van der Waals surface area contributed by atoms with Crippen LogP contribution in [0.15, 0.2) is 47.3 Å². The molecule has 1 saturated heterocycles. The number of rotatable bonds is 6. The molecule has 2 N–H and O–H groups in total. The van der Waals surface area contributed by atoms with Gasteiger partial charge in [-0.1, -0.05) is 19.1 Å². The molecule has 0 spiro atoms. The quantitative estimate of drug-likeness (QED) is 0.788. The van der Waals surface area contributed by atoms with E-state index in [1.807, 2.05) is 19.1 Å². The minimum atomic E-state index is -0.404. The standard InChI is InChI=1S/C21H28FN3O2S/c1-4-28-21-19(20(23)26)14(2)10-18(24-8-9-27-15(3)12-24)25(21)13-16-6-5-7-17(22)11-16/h5-7,10-11,15,21H,4,8-9,12-13H2,1-3H3,(H2,23,26)/t15?,21-/m0/s1. The first-order valence-electron chi connectivity index (χ1n) is 9.62. The van der Waals surface area contributed by atoms with Gasteiger partial charge in [0.25, 0.3) is 0 Å². The monoisotopic (exact) mass is 405 g/mol. The van der Waals surface area contributed by atoms with Crippen LogP contribution in [0.5, 0.6) is 0 Å². The number of morpholine rings is 1. The second-order valence-electron chi connectivity index (χ2n) is 7.16. The van der Waals surface area contributed by atoms with Gasteiger partial charge in [0.05, 0.1) is 18.3 Å². The number of nitrogens with two attached hydrogens (primary N) is 1. The number of halogens is 1. The average molecular weight is 406 g/mol. The molecule has 2 atom stereocenters. The Labute approximate surface area is 170 Å². The minimum Gasteiger partial charge on any atom is -0.375 e. The molecule has 28 heavy (non-hydrogen) atoms. The highest BCUT2D eigenvalue weighted by Crippen LogP contribution is 2.36. The fraction of sp³-hybridized carbons (Fsp3) is 0.476. The Morgan fingerprint density at radius 2 is 2.21 bits per heavy atom. The van der Waals surface area contributed by atoms with Gasteiger partial charge < -0.3 is 20.3 Å². The molecule has 3 rings (SSSR count). The van der Waals surface area contributed by atoms with Crippen LogP contribution in [0.3, 0.4) is 0 Å². The second-order valence-corrected chi connectivity index (χ2v) is 8.51. The van der Waals surface area contributed by atoms with E-state index < -0.39 is 5.91 Å². The summed E-state index contributed by atoms with van der Waals surface area (Å²) in [6, 6.07) is 6.61. The van der Waals surface area contributed by atoms with Crippen molar-refractivity contribution in [3.8, 4) is 0 Å². The molecule has 2 heterocycles. The van der Waals surface area contributed by atoms with E-state index in [-0.39, 0.29) is 17.3 Å². The molecule has 1 fully saturated rings. The van der Waals surface area contributed by atoms with Crippen molar-refractivity contribution in [3.05, 3.63) is 58.7 Å². The van der Waals surface area contributed by atoms with E-state index in [0.29, 0.717) is 18.7 Å². The van der Waals surface area contributed by atoms with Crippen LogP contribution in [0.4, 0.5) is 4.39 Å². The van der Waals surface area contributed by atoms with Gasteiger partial charge in [-0.15, -0.1) is 11.8 Å². The van der Waals surface area contributed by atoms with Gasteiger partial charge in [0.15, 0.2) is 0 Å². The van der Waals surface area contributed by atoms with Crippen molar-refractivity contribution in [2.24, 2.45) is 5.73 Å². The van der Waals surface area contributed by atoms with Gasteiger partial charge in [-0.3, -0.25) is 4.79 Å². The lowest BCUT2D eigenvalue weighted by Crippen LogP contribution is -2.49. The normalized spacial score (nSPS) is 23.1. The highest BCUT2D eigenvalue weighted by Gasteiger charge is 2.35. The first kappa shape index (κ1) is 20.7. The number of amides is 1. The van der Waals surface area contributed by atoms with Crippen molar-refractivity contribution >= 4 is 17.7 Å². The van der Waals surface area contributed by atoms with E-state index >= 15 is 0 Å². The van der Waals surface area contributed by atoms with Crippen molar-refractivity contribution in [2.75, 3.05) is 25.4 Å². The summed E-state index contributed by atoms with van der Waals surface area (Å²) in [6.07, 6.45) is 2.16. The first-order valence-corrected chi connectivity index (χ1v) is 10.7. The fourth-order valence-electron chi connectivity index (χ4n) is 3.77. The van der Waals surface area contributed by atoms with Crippen LogP contribution >= 0.6 is 11.8 Å². The molecular formula is C21H28FN3O2S. The number of primary amides is 1. The van der Waals surface area contributed by atoms with Crippen LogP contribution in [-0.2, 0) is 16.1 Å². The van der Waals surface area contributed by atoms with Crippen molar-refractivity contribution in [3.63, 3.8) is 0 Å². The summed E-state index contributed by atoms with van der Waals surface area (Å²) in [6.45, 7) is 8.76. The van der Waals surface area contributed by atoms with Gasteiger partial charge in [0, 0.05) is 19.6 Å². The number of benzene rings is 1. The largest absolute Gasteiger partial charge is 0.375 e. The molecule has 0 aromatic heterocycles. The maximum Gasteiger partial charge on any atom is 0.247 e. The lowest BCUT2D eigenvalue weighted by atomic mass is 10.0. The van der Waals surface area contributed by atoms with Crippen LogP contribution in [0.25, 0.3) is 0 Å². The maximum atomic E-state index is 13.8. The van der Waals surface area contributed by atoms with Crippen molar-refractivity contribution in [1.82, 2.24) is 9.80 Å². The number of ether oxygens (including phenoxy) is 1. The zero-order chi connectivity index (χ0) is 20.3. The highest BCUT2D eigenvalue weighted by molar-refractivity contribution is 8.00. The maximum absolute atomic E-state index is 13.8. The smallest absolute Gasteiger partial charge is 0.247 e. The molecule has 0 aliphatic carbocycles. The summed E-state index contributed by atoms with van der Waals surface area (Å²) in [5.74, 6) is 1.20. The lowest BCUT2D eigenvalue weighted by molar-refractivity contribution is -0.115. The van der Waals surface area contributed by atoms with Crippen LogP contribution < -0.4 is 5.73 Å². The topological polar surface area (TPSA) is 58.8 Å². The number of carbonyl (C=O) groups excluding carboxylic acids is 1. The molecule has 1 unspecified atom stereocenters. The van der Waals surface area contributed by atoms with E-state index in [2.05, 4.69) is 23.6 Å². The predicted octanol–water partition coefficient (Wildman–Crippen LogP) is 3.08. The summed E-state index contributed by atoms with van der Waals surface area (Å²) in [7, 11) is 0. The van der Waals surface area contributed by atoms with Gasteiger partial charge >= 0.3 is 0 Å². The minimum absolute atomic E-state index is 0.129. The van der Waals surface area contributed by atoms with Crippen LogP contribution in [0.2, 0.25) is 0 Å². The molecular weight excluding hydrogens is 377 g/mol. The molecule has 152 valence electrons. The van der Waals surface area contributed by atoms with Crippen molar-refractivity contribution in [1.29, 1.82) is 0 Å². The summed E-state index contributed by atoms with van der Waals surface area (Å²) in [5, 5.41) is -0.205. The van der Waals surface area contributed by atoms with Crippen LogP contribution in [0, 0.1) is 5.82 Å². The molecule has 5 nitrogen and oxygen atoms in total. The Kier molecular flexibility index (Phi) is 6.67. The van der Waals surface area contributed by atoms with E-state index in [1.54, 1.807) is 23.9 Å². The Bertz CT molecular complexity index is 796. The molecule has 7 heteroatoms. The second kappa shape index (κ2) is 9.01. The SMILES string of the molecule is CCS[C@H]1C(C(N)=O)=C(C)C=C(N2CCOC(C)C2)N1Cc1cccc(F)c1. The lowest BCUT2D eigenvalue weighted by Gasteiger charge is -2.45. The Hall–Kier alpha value is -1.99. The highest BCUT2D eigenvalue weighted by atomic mass is 32.2. The average Bonchev–Trinajstić information content (AvgIpc) is 2.63. The Balaban J connectivity index is 2.03. The number of nitrogens with zero attached hydrogens (tertiary/aromatic N) is 2. The van der Waals surface area contributed by atoms with Crippen molar-refractivity contribution in [2.45, 2.75) is 38.8 Å². The molecule has 1 amide bonds. The molecule has 0 saturated carbocycles. The number of hydrogen-bond acceptors (Lipinski definition) is 5. The number of carbonyl (C=O) groups is 1. The third-order valence-corrected chi connectivity index (χ3v) is 6.13. The molecule has 2 aliphatic heterocycles. The molecule has 2 aliphatic rings. The molecule has 0 bridgehead atoms. The summed E-state index contributed by atoms with van der Waals surface area (Å²) < 4.78 is 19.5.